The highest BCUT2D eigenvalue weighted by Crippen LogP contribution is 1.98. The number of hydrogen-bond donors (Lipinski definition) is 0. The molecule has 0 saturated heterocycles. The van der Waals surface area contributed by atoms with Gasteiger partial charge in [-0.3, -0.25) is 0 Å². The predicted molar refractivity (Wildman–Crippen MR) is 38.8 cm³/mol. The van der Waals surface area contributed by atoms with Crippen molar-refractivity contribution < 1.29 is 4.39 Å². The Bertz CT molecular complexity index is 132. The Balaban J connectivity index is 3.74. The minimum atomic E-state index is -0.244. The van der Waals surface area contributed by atoms with E-state index in [4.69, 9.17) is 0 Å². The summed E-state index contributed by atoms with van der Waals surface area (Å²) in [4.78, 5) is 0. The van der Waals surface area contributed by atoms with Crippen molar-refractivity contribution in [1.29, 1.82) is 0 Å². The summed E-state index contributed by atoms with van der Waals surface area (Å²) in [5, 5.41) is 0. The van der Waals surface area contributed by atoms with Gasteiger partial charge in [0.1, 0.15) is 5.83 Å². The molecule has 0 fully saturated rings. The molecule has 0 unspecified atom stereocenters. The fourth-order valence-electron chi connectivity index (χ4n) is 0.399. The average molecular weight is 126 g/mol. The Morgan fingerprint density at radius 1 is 1.67 bits per heavy atom. The summed E-state index contributed by atoms with van der Waals surface area (Å²) >= 11 is 0. The van der Waals surface area contributed by atoms with E-state index in [1.807, 2.05) is 6.92 Å². The van der Waals surface area contributed by atoms with Gasteiger partial charge in [-0.1, -0.05) is 25.7 Å². The maximum absolute atomic E-state index is 12.3. The van der Waals surface area contributed by atoms with Crippen LogP contribution in [0.4, 0.5) is 4.39 Å². The first-order valence-corrected chi connectivity index (χ1v) is 2.96. The van der Waals surface area contributed by atoms with Crippen LogP contribution >= 0.6 is 0 Å². The molecule has 0 saturated carbocycles. The smallest absolute Gasteiger partial charge is 0.122 e. The fourth-order valence-corrected chi connectivity index (χ4v) is 0.399. The summed E-state index contributed by atoms with van der Waals surface area (Å²) in [5.41, 5.74) is 0. The fraction of sp³-hybridized carbons (Fsp3) is 0.250. The van der Waals surface area contributed by atoms with Crippen molar-refractivity contribution in [3.8, 4) is 0 Å². The maximum atomic E-state index is 12.3. The second-order valence-electron chi connectivity index (χ2n) is 1.60. The van der Waals surface area contributed by atoms with Crippen LogP contribution in [0.5, 0.6) is 0 Å². The van der Waals surface area contributed by atoms with Crippen molar-refractivity contribution >= 4 is 0 Å². The van der Waals surface area contributed by atoms with Crippen molar-refractivity contribution in [1.82, 2.24) is 0 Å². The standard InChI is InChI=1S/C8H11F/c1-3-5-7-8(9)6-4-2/h4-7H,2-3H2,1H3/b7-5-,8-6+. The van der Waals surface area contributed by atoms with Gasteiger partial charge in [0.05, 0.1) is 0 Å². The number of halogens is 1. The van der Waals surface area contributed by atoms with Crippen molar-refractivity contribution in [2.45, 2.75) is 13.3 Å². The van der Waals surface area contributed by atoms with Crippen LogP contribution in [-0.2, 0) is 0 Å². The van der Waals surface area contributed by atoms with Crippen LogP contribution in [0, 0.1) is 0 Å². The highest BCUT2D eigenvalue weighted by atomic mass is 19.1. The summed E-state index contributed by atoms with van der Waals surface area (Å²) in [6.07, 6.45) is 6.80. The normalized spacial score (nSPS) is 12.4. The maximum Gasteiger partial charge on any atom is 0.122 e. The van der Waals surface area contributed by atoms with Gasteiger partial charge >= 0.3 is 0 Å². The number of allylic oxidation sites excluding steroid dienone is 5. The molecule has 0 aromatic rings. The van der Waals surface area contributed by atoms with Crippen LogP contribution < -0.4 is 0 Å². The van der Waals surface area contributed by atoms with E-state index in [1.54, 1.807) is 6.08 Å². The molecular formula is C8H11F. The molecule has 0 amide bonds. The van der Waals surface area contributed by atoms with Crippen LogP contribution in [0.2, 0.25) is 0 Å². The van der Waals surface area contributed by atoms with E-state index < -0.39 is 0 Å². The van der Waals surface area contributed by atoms with Gasteiger partial charge in [0.25, 0.3) is 0 Å². The molecule has 0 aliphatic carbocycles. The lowest BCUT2D eigenvalue weighted by atomic mass is 10.3. The zero-order valence-corrected chi connectivity index (χ0v) is 5.60. The lowest BCUT2D eigenvalue weighted by Crippen LogP contribution is -1.61. The van der Waals surface area contributed by atoms with E-state index in [2.05, 4.69) is 6.58 Å². The van der Waals surface area contributed by atoms with Gasteiger partial charge in [0.2, 0.25) is 0 Å². The molecule has 0 radical (unpaired) electrons. The van der Waals surface area contributed by atoms with Crippen LogP contribution in [0.3, 0.4) is 0 Å². The Morgan fingerprint density at radius 2 is 2.33 bits per heavy atom. The molecule has 0 bridgehead atoms. The van der Waals surface area contributed by atoms with Crippen molar-refractivity contribution in [2.75, 3.05) is 0 Å². The van der Waals surface area contributed by atoms with Gasteiger partial charge in [-0.05, 0) is 18.6 Å². The monoisotopic (exact) mass is 126 g/mol. The van der Waals surface area contributed by atoms with Gasteiger partial charge < -0.3 is 0 Å². The first kappa shape index (κ1) is 8.15. The summed E-state index contributed by atoms with van der Waals surface area (Å²) in [5.74, 6) is -0.244. The predicted octanol–water partition coefficient (Wildman–Crippen LogP) is 2.99. The molecule has 0 aromatic carbocycles. The molecule has 0 aliphatic rings. The van der Waals surface area contributed by atoms with Crippen molar-refractivity contribution in [3.05, 3.63) is 36.7 Å². The molecule has 0 spiro atoms. The lowest BCUT2D eigenvalue weighted by molar-refractivity contribution is 0.666. The third kappa shape index (κ3) is 5.01. The molecule has 0 rings (SSSR count). The SMILES string of the molecule is C=C/C=C(F)\C=C/CC. The molecule has 1 heteroatoms. The highest BCUT2D eigenvalue weighted by molar-refractivity contribution is 5.15. The van der Waals surface area contributed by atoms with Gasteiger partial charge in [-0.15, -0.1) is 0 Å². The Labute approximate surface area is 55.4 Å². The van der Waals surface area contributed by atoms with Crippen LogP contribution in [0.15, 0.2) is 36.7 Å². The van der Waals surface area contributed by atoms with Crippen LogP contribution in [0.1, 0.15) is 13.3 Å². The Hall–Kier alpha value is -0.850. The minimum absolute atomic E-state index is 0.244. The third-order valence-corrected chi connectivity index (χ3v) is 0.790. The molecule has 0 N–H and O–H groups in total. The first-order chi connectivity index (χ1) is 4.31. The molecule has 50 valence electrons. The van der Waals surface area contributed by atoms with Gasteiger partial charge in [0.15, 0.2) is 0 Å². The van der Waals surface area contributed by atoms with Gasteiger partial charge in [-0.2, -0.15) is 0 Å². The van der Waals surface area contributed by atoms with Crippen molar-refractivity contribution in [3.63, 3.8) is 0 Å². The van der Waals surface area contributed by atoms with Crippen LogP contribution in [-0.4, -0.2) is 0 Å². The van der Waals surface area contributed by atoms with Crippen LogP contribution in [0.25, 0.3) is 0 Å². The minimum Gasteiger partial charge on any atom is -0.207 e. The number of hydrogen-bond acceptors (Lipinski definition) is 0. The Morgan fingerprint density at radius 3 is 2.78 bits per heavy atom. The summed E-state index contributed by atoms with van der Waals surface area (Å²) in [7, 11) is 0. The van der Waals surface area contributed by atoms with E-state index in [-0.39, 0.29) is 5.83 Å². The van der Waals surface area contributed by atoms with E-state index in [0.717, 1.165) is 6.42 Å². The molecule has 9 heavy (non-hydrogen) atoms. The lowest BCUT2D eigenvalue weighted by Gasteiger charge is -1.80. The molecule has 0 aliphatic heterocycles. The van der Waals surface area contributed by atoms with E-state index in [9.17, 15) is 4.39 Å². The molecular weight excluding hydrogens is 115 g/mol. The number of rotatable bonds is 3. The largest absolute Gasteiger partial charge is 0.207 e. The van der Waals surface area contributed by atoms with Gasteiger partial charge in [0, 0.05) is 0 Å². The summed E-state index contributed by atoms with van der Waals surface area (Å²) in [6, 6.07) is 0. The first-order valence-electron chi connectivity index (χ1n) is 2.96. The second kappa shape index (κ2) is 5.29. The molecule has 0 atom stereocenters. The second-order valence-corrected chi connectivity index (χ2v) is 1.60. The molecule has 0 heterocycles. The third-order valence-electron chi connectivity index (χ3n) is 0.790. The topological polar surface area (TPSA) is 0 Å². The highest BCUT2D eigenvalue weighted by Gasteiger charge is 1.79. The summed E-state index contributed by atoms with van der Waals surface area (Å²) in [6.45, 7) is 5.31. The van der Waals surface area contributed by atoms with E-state index in [0.29, 0.717) is 0 Å². The molecule has 0 nitrogen and oxygen atoms in total. The average Bonchev–Trinajstić information content (AvgIpc) is 1.85. The quantitative estimate of drug-likeness (QED) is 0.510. The Kier molecular flexibility index (Phi) is 4.79. The van der Waals surface area contributed by atoms with E-state index >= 15 is 0 Å². The zero-order chi connectivity index (χ0) is 7.11. The van der Waals surface area contributed by atoms with E-state index in [1.165, 1.54) is 18.2 Å². The van der Waals surface area contributed by atoms with Gasteiger partial charge in [-0.25, -0.2) is 4.39 Å². The zero-order valence-electron chi connectivity index (χ0n) is 5.60. The summed E-state index contributed by atoms with van der Waals surface area (Å²) < 4.78 is 12.3. The van der Waals surface area contributed by atoms with Crippen molar-refractivity contribution in [2.24, 2.45) is 0 Å². The molecule has 0 aromatic heterocycles.